The Morgan fingerprint density at radius 2 is 0.908 bits per heavy atom. The molecule has 0 aliphatic carbocycles. The van der Waals surface area contributed by atoms with Crippen LogP contribution in [0.5, 0.6) is 28.7 Å². The van der Waals surface area contributed by atoms with Crippen molar-refractivity contribution in [1.82, 2.24) is 0 Å². The first kappa shape index (κ1) is 55.3. The second-order valence-corrected chi connectivity index (χ2v) is 17.3. The standard InChI is InChI=1S/C23H23N3O3.C15H14O.C14H12O2.C14H12O/c1-15-7-10-18(24-23(29)17-5-4-6-19(13-17)26(2)3)14-21(15)25-22(28)16-8-11-20(27)12-9-16;1-16-15-11-9-14(10-12-15)8-7-13-5-3-2-4-6-13;15-13-9-8-12(10-14(13)16)7-6-11-4-2-1-3-5-11;15-14-8-4-7-13(11-14)10-9-12-5-2-1-3-6-12/h4-14,27H,1-3H3,(H,24,29)(H,25,28);2-12H,1H3;1-10,15-16H;1-11,15H/b;8-7+;7-6+;10-9+. The fourth-order valence-electron chi connectivity index (χ4n) is 7.03. The van der Waals surface area contributed by atoms with Crippen LogP contribution in [-0.2, 0) is 0 Å². The minimum absolute atomic E-state index is 0.0979. The topological polar surface area (TPSA) is 152 Å². The number of nitrogens with one attached hydrogen (secondary N) is 2. The molecule has 9 aromatic rings. The SMILES string of the molecule is COc1ccc(/C=C/c2ccccc2)cc1.Cc1ccc(NC(=O)c2cccc(N(C)C)c2)cc1NC(=O)c1ccc(O)cc1.Oc1ccc(/C=C/c2ccccc2)cc1O.Oc1cccc(/C=C/c2ccccc2)c1. The highest BCUT2D eigenvalue weighted by molar-refractivity contribution is 6.07. The van der Waals surface area contributed by atoms with Gasteiger partial charge in [-0.25, -0.2) is 0 Å². The Balaban J connectivity index is 0.000000172. The van der Waals surface area contributed by atoms with Crippen LogP contribution in [0.1, 0.15) is 59.7 Å². The zero-order valence-corrected chi connectivity index (χ0v) is 42.8. The first-order valence-corrected chi connectivity index (χ1v) is 24.3. The van der Waals surface area contributed by atoms with Crippen molar-refractivity contribution in [3.63, 3.8) is 0 Å². The van der Waals surface area contributed by atoms with Crippen LogP contribution in [0.2, 0.25) is 0 Å². The molecule has 382 valence electrons. The van der Waals surface area contributed by atoms with Gasteiger partial charge in [0.15, 0.2) is 11.5 Å². The van der Waals surface area contributed by atoms with Gasteiger partial charge in [0.05, 0.1) is 7.11 Å². The molecule has 9 rings (SSSR count). The van der Waals surface area contributed by atoms with Crippen molar-refractivity contribution in [3.05, 3.63) is 275 Å². The molecule has 0 atom stereocenters. The number of aromatic hydroxyl groups is 4. The van der Waals surface area contributed by atoms with E-state index in [4.69, 9.17) is 9.84 Å². The molecule has 0 unspecified atom stereocenters. The van der Waals surface area contributed by atoms with Gasteiger partial charge in [-0.05, 0) is 137 Å². The summed E-state index contributed by atoms with van der Waals surface area (Å²) < 4.78 is 5.11. The normalized spacial score (nSPS) is 10.5. The number of methoxy groups -OCH3 is 1. The molecule has 9 aromatic carbocycles. The van der Waals surface area contributed by atoms with Gasteiger partial charge in [0.25, 0.3) is 11.8 Å². The number of anilines is 3. The summed E-state index contributed by atoms with van der Waals surface area (Å²) in [5.41, 5.74) is 10.4. The monoisotopic (exact) mass is 1010 g/mol. The number of phenolic OH excluding ortho intramolecular Hbond substituents is 4. The van der Waals surface area contributed by atoms with E-state index in [2.05, 4.69) is 34.9 Å². The van der Waals surface area contributed by atoms with Crippen molar-refractivity contribution in [1.29, 1.82) is 0 Å². The Kier molecular flexibility index (Phi) is 21.0. The first-order valence-electron chi connectivity index (χ1n) is 24.3. The molecule has 0 aliphatic rings. The maximum atomic E-state index is 12.6. The van der Waals surface area contributed by atoms with Gasteiger partial charge in [-0.15, -0.1) is 0 Å². The molecule has 0 bridgehead atoms. The van der Waals surface area contributed by atoms with Gasteiger partial charge in [-0.1, -0.05) is 170 Å². The second-order valence-electron chi connectivity index (χ2n) is 17.3. The van der Waals surface area contributed by atoms with Crippen molar-refractivity contribution < 1.29 is 34.8 Å². The summed E-state index contributed by atoms with van der Waals surface area (Å²) in [6.07, 6.45) is 12.0. The number of carbonyl (C=O) groups is 2. The van der Waals surface area contributed by atoms with Crippen LogP contribution < -0.4 is 20.3 Å². The highest BCUT2D eigenvalue weighted by atomic mass is 16.5. The second kappa shape index (κ2) is 28.8. The lowest BCUT2D eigenvalue weighted by molar-refractivity contribution is 0.101. The largest absolute Gasteiger partial charge is 0.508 e. The number of benzene rings is 9. The summed E-state index contributed by atoms with van der Waals surface area (Å²) in [5.74, 6) is 0.554. The zero-order valence-electron chi connectivity index (χ0n) is 42.8. The molecule has 0 saturated heterocycles. The van der Waals surface area contributed by atoms with E-state index in [1.165, 1.54) is 35.4 Å². The van der Waals surface area contributed by atoms with Crippen molar-refractivity contribution in [2.45, 2.75) is 6.92 Å². The van der Waals surface area contributed by atoms with Crippen LogP contribution in [0, 0.1) is 6.92 Å². The number of nitrogens with zero attached hydrogens (tertiary/aromatic N) is 1. The number of carbonyl (C=O) groups excluding carboxylic acids is 2. The van der Waals surface area contributed by atoms with E-state index in [-0.39, 0.29) is 29.1 Å². The molecule has 10 nitrogen and oxygen atoms in total. The highest BCUT2D eigenvalue weighted by Crippen LogP contribution is 2.26. The molecule has 0 aromatic heterocycles. The molecule has 0 heterocycles. The molecular formula is C66H61N3O7. The van der Waals surface area contributed by atoms with Gasteiger partial charge in [0.2, 0.25) is 0 Å². The maximum Gasteiger partial charge on any atom is 0.255 e. The lowest BCUT2D eigenvalue weighted by Gasteiger charge is -2.14. The maximum absolute atomic E-state index is 12.6. The number of amides is 2. The van der Waals surface area contributed by atoms with E-state index in [0.717, 1.165) is 39.3 Å². The van der Waals surface area contributed by atoms with Crippen LogP contribution >= 0.6 is 0 Å². The lowest BCUT2D eigenvalue weighted by atomic mass is 10.1. The number of ether oxygens (including phenoxy) is 1. The molecule has 6 N–H and O–H groups in total. The number of rotatable bonds is 12. The molecule has 10 heteroatoms. The van der Waals surface area contributed by atoms with Crippen LogP contribution in [0.3, 0.4) is 0 Å². The Morgan fingerprint density at radius 3 is 1.43 bits per heavy atom. The van der Waals surface area contributed by atoms with E-state index in [0.29, 0.717) is 28.3 Å². The van der Waals surface area contributed by atoms with E-state index in [9.17, 15) is 24.9 Å². The molecular weight excluding hydrogens is 947 g/mol. The summed E-state index contributed by atoms with van der Waals surface area (Å²) in [7, 11) is 5.51. The molecule has 0 saturated carbocycles. The first-order chi connectivity index (χ1) is 36.8. The Labute approximate surface area is 445 Å². The van der Waals surface area contributed by atoms with Gasteiger partial charge in [-0.2, -0.15) is 0 Å². The molecule has 0 fully saturated rings. The molecule has 0 aliphatic heterocycles. The van der Waals surface area contributed by atoms with Gasteiger partial charge in [-0.3, -0.25) is 9.59 Å². The van der Waals surface area contributed by atoms with Gasteiger partial charge >= 0.3 is 0 Å². The summed E-state index contributed by atoms with van der Waals surface area (Å²) in [6.45, 7) is 1.87. The summed E-state index contributed by atoms with van der Waals surface area (Å²) in [6, 6.07) is 68.9. The van der Waals surface area contributed by atoms with Crippen molar-refractivity contribution in [2.24, 2.45) is 0 Å². The van der Waals surface area contributed by atoms with Gasteiger partial charge in [0, 0.05) is 42.3 Å². The van der Waals surface area contributed by atoms with Crippen LogP contribution in [-0.4, -0.2) is 53.4 Å². The average molecular weight is 1010 g/mol. The van der Waals surface area contributed by atoms with Crippen molar-refractivity contribution in [2.75, 3.05) is 36.7 Å². The smallest absolute Gasteiger partial charge is 0.255 e. The van der Waals surface area contributed by atoms with Crippen LogP contribution in [0.25, 0.3) is 36.5 Å². The minimum Gasteiger partial charge on any atom is -0.508 e. The number of phenols is 4. The highest BCUT2D eigenvalue weighted by Gasteiger charge is 2.12. The van der Waals surface area contributed by atoms with Gasteiger partial charge < -0.3 is 40.7 Å². The average Bonchev–Trinajstić information content (AvgIpc) is 3.45. The fraction of sp³-hybridized carbons (Fsp3) is 0.0606. The van der Waals surface area contributed by atoms with E-state index < -0.39 is 0 Å². The van der Waals surface area contributed by atoms with E-state index in [1.807, 2.05) is 190 Å². The van der Waals surface area contributed by atoms with Crippen molar-refractivity contribution in [3.8, 4) is 28.7 Å². The van der Waals surface area contributed by atoms with Crippen LogP contribution in [0.15, 0.2) is 224 Å². The van der Waals surface area contributed by atoms with E-state index in [1.54, 1.807) is 55.6 Å². The minimum atomic E-state index is -0.296. The lowest BCUT2D eigenvalue weighted by Crippen LogP contribution is -2.15. The third kappa shape index (κ3) is 18.5. The van der Waals surface area contributed by atoms with Gasteiger partial charge in [0.1, 0.15) is 17.2 Å². The molecule has 76 heavy (non-hydrogen) atoms. The Bertz CT molecular complexity index is 3340. The number of hydrogen-bond donors (Lipinski definition) is 6. The van der Waals surface area contributed by atoms with E-state index >= 15 is 0 Å². The molecule has 2 amide bonds. The Morgan fingerprint density at radius 1 is 0.421 bits per heavy atom. The number of aryl methyl sites for hydroxylation is 1. The van der Waals surface area contributed by atoms with Crippen molar-refractivity contribution >= 4 is 65.3 Å². The summed E-state index contributed by atoms with van der Waals surface area (Å²) in [4.78, 5) is 27.0. The molecule has 0 radical (unpaired) electrons. The Hall–Kier alpha value is -10.1. The number of hydrogen-bond acceptors (Lipinski definition) is 8. The fourth-order valence-corrected chi connectivity index (χ4v) is 7.03. The third-order valence-corrected chi connectivity index (χ3v) is 11.3. The van der Waals surface area contributed by atoms with Crippen LogP contribution in [0.4, 0.5) is 17.1 Å². The zero-order chi connectivity index (χ0) is 54.1. The predicted molar refractivity (Wildman–Crippen MR) is 313 cm³/mol. The molecule has 0 spiro atoms. The summed E-state index contributed by atoms with van der Waals surface area (Å²) >= 11 is 0. The summed E-state index contributed by atoms with van der Waals surface area (Å²) in [5, 5.41) is 42.8. The quantitative estimate of drug-likeness (QED) is 0.0523. The predicted octanol–water partition coefficient (Wildman–Crippen LogP) is 15.0. The third-order valence-electron chi connectivity index (χ3n) is 11.3.